The minimum atomic E-state index is -4.52. The van der Waals surface area contributed by atoms with Crippen LogP contribution in [0.3, 0.4) is 0 Å². The average Bonchev–Trinajstić information content (AvgIpc) is 3.16. The lowest BCUT2D eigenvalue weighted by atomic mass is 10.0. The van der Waals surface area contributed by atoms with Crippen LogP contribution in [-0.4, -0.2) is 70.7 Å². The molecule has 0 N–H and O–H groups in total. The molecule has 0 fully saturated rings. The Bertz CT molecular complexity index is 1010. The Hall–Kier alpha value is -1.28. The second-order valence-corrected chi connectivity index (χ2v) is 18.5. The lowest BCUT2D eigenvalue weighted by Gasteiger charge is -2.28. The number of ether oxygens (including phenoxy) is 2. The Labute approximate surface area is 353 Å². The van der Waals surface area contributed by atoms with Gasteiger partial charge in [-0.25, -0.2) is 0 Å². The van der Waals surface area contributed by atoms with Gasteiger partial charge in [0, 0.05) is 13.0 Å². The predicted octanol–water partition coefficient (Wildman–Crippen LogP) is 13.5. The van der Waals surface area contributed by atoms with Crippen molar-refractivity contribution in [1.82, 2.24) is 0 Å². The van der Waals surface area contributed by atoms with Gasteiger partial charge in [0.25, 0.3) is 7.82 Å². The maximum absolute atomic E-state index is 12.6. The summed E-state index contributed by atoms with van der Waals surface area (Å²) in [5.41, 5.74) is 0. The molecule has 0 aliphatic rings. The molecule has 0 saturated carbocycles. The van der Waals surface area contributed by atoms with E-state index in [0.717, 1.165) is 51.4 Å². The largest absolute Gasteiger partial charge is 0.756 e. The van der Waals surface area contributed by atoms with Crippen LogP contribution in [0.15, 0.2) is 36.5 Å². The molecule has 0 aromatic heterocycles. The number of phosphoric acid groups is 1. The number of esters is 1. The number of quaternary nitrogens is 1. The number of hydrogen-bond donors (Lipinski definition) is 0. The molecule has 336 valence electrons. The van der Waals surface area contributed by atoms with E-state index in [-0.39, 0.29) is 25.8 Å². The summed E-state index contributed by atoms with van der Waals surface area (Å²) in [7, 11) is 1.35. The number of carbonyl (C=O) groups is 1. The number of phosphoric ester groups is 1. The van der Waals surface area contributed by atoms with Crippen molar-refractivity contribution in [2.24, 2.45) is 0 Å². The summed E-state index contributed by atoms with van der Waals surface area (Å²) in [4.78, 5) is 25.0. The quantitative estimate of drug-likeness (QED) is 0.0198. The zero-order valence-electron chi connectivity index (χ0n) is 38.0. The van der Waals surface area contributed by atoms with Crippen molar-refractivity contribution in [3.8, 4) is 0 Å². The Morgan fingerprint density at radius 1 is 0.544 bits per heavy atom. The number of likely N-dealkylation sites (N-methyl/N-ethyl adjacent to an activating group) is 1. The molecule has 2 unspecified atom stereocenters. The third kappa shape index (κ3) is 45.7. The maximum Gasteiger partial charge on any atom is 0.306 e. The smallest absolute Gasteiger partial charge is 0.306 e. The molecule has 0 amide bonds. The topological polar surface area (TPSA) is 94.1 Å². The Morgan fingerprint density at radius 3 is 1.49 bits per heavy atom. The molecule has 0 aromatic rings. The molecule has 9 heteroatoms. The van der Waals surface area contributed by atoms with Crippen LogP contribution < -0.4 is 4.89 Å². The van der Waals surface area contributed by atoms with Gasteiger partial charge in [0.2, 0.25) is 0 Å². The summed E-state index contributed by atoms with van der Waals surface area (Å²) < 4.78 is 34.6. The van der Waals surface area contributed by atoms with Gasteiger partial charge in [0.1, 0.15) is 19.3 Å². The second kappa shape index (κ2) is 41.5. The molecule has 0 rings (SSSR count). The van der Waals surface area contributed by atoms with E-state index in [1.54, 1.807) is 0 Å². The van der Waals surface area contributed by atoms with Gasteiger partial charge >= 0.3 is 5.97 Å². The van der Waals surface area contributed by atoms with Crippen LogP contribution in [0.5, 0.6) is 0 Å². The molecular weight excluding hydrogens is 734 g/mol. The molecule has 0 saturated heterocycles. The standard InChI is InChI=1S/C48H92NO7P/c1-6-8-10-12-14-16-18-19-20-21-22-23-24-25-26-27-28-29-30-32-34-36-38-40-43-53-45-47(46-55-57(51,52)54-44-42-49(3,4)5)56-48(50)41-39-37-35-33-31-17-15-13-11-9-7-2/h13,15,18-19,21-22,47H,6-12,14,16-17,20,23-46H2,1-5H3/b15-13-,19-18-,22-21-. The molecule has 0 spiro atoms. The molecule has 0 heterocycles. The first kappa shape index (κ1) is 55.7. The number of unbranched alkanes of at least 4 members (excludes halogenated alkanes) is 24. The highest BCUT2D eigenvalue weighted by Crippen LogP contribution is 2.38. The predicted molar refractivity (Wildman–Crippen MR) is 240 cm³/mol. The van der Waals surface area contributed by atoms with E-state index in [9.17, 15) is 14.3 Å². The lowest BCUT2D eigenvalue weighted by Crippen LogP contribution is -2.37. The van der Waals surface area contributed by atoms with E-state index in [2.05, 4.69) is 50.3 Å². The van der Waals surface area contributed by atoms with E-state index in [1.807, 2.05) is 21.1 Å². The second-order valence-electron chi connectivity index (χ2n) is 17.1. The van der Waals surface area contributed by atoms with Crippen LogP contribution in [0, 0.1) is 0 Å². The van der Waals surface area contributed by atoms with E-state index < -0.39 is 13.9 Å². The van der Waals surface area contributed by atoms with Crippen LogP contribution >= 0.6 is 7.82 Å². The van der Waals surface area contributed by atoms with Crippen LogP contribution in [0.25, 0.3) is 0 Å². The zero-order valence-corrected chi connectivity index (χ0v) is 38.9. The summed E-state index contributed by atoms with van der Waals surface area (Å²) >= 11 is 0. The highest BCUT2D eigenvalue weighted by atomic mass is 31.2. The van der Waals surface area contributed by atoms with Gasteiger partial charge in [-0.1, -0.05) is 172 Å². The van der Waals surface area contributed by atoms with E-state index >= 15 is 0 Å². The van der Waals surface area contributed by atoms with Crippen molar-refractivity contribution in [2.45, 2.75) is 213 Å². The van der Waals surface area contributed by atoms with Crippen LogP contribution in [0.1, 0.15) is 206 Å². The first-order valence-electron chi connectivity index (χ1n) is 23.7. The fourth-order valence-electron chi connectivity index (χ4n) is 6.44. The van der Waals surface area contributed by atoms with Gasteiger partial charge in [-0.05, 0) is 64.2 Å². The van der Waals surface area contributed by atoms with Crippen LogP contribution in [-0.2, 0) is 27.9 Å². The van der Waals surface area contributed by atoms with Gasteiger partial charge in [0.05, 0.1) is 34.4 Å². The van der Waals surface area contributed by atoms with Crippen LogP contribution in [0.4, 0.5) is 0 Å². The number of hydrogen-bond acceptors (Lipinski definition) is 7. The average molecular weight is 826 g/mol. The minimum Gasteiger partial charge on any atom is -0.756 e. The summed E-state index contributed by atoms with van der Waals surface area (Å²) in [6.45, 7) is 5.36. The summed E-state index contributed by atoms with van der Waals surface area (Å²) in [5.74, 6) is -0.344. The minimum absolute atomic E-state index is 0.0245. The highest BCUT2D eigenvalue weighted by Gasteiger charge is 2.20. The van der Waals surface area contributed by atoms with Crippen molar-refractivity contribution in [3.05, 3.63) is 36.5 Å². The monoisotopic (exact) mass is 826 g/mol. The Balaban J connectivity index is 4.07. The summed E-state index contributed by atoms with van der Waals surface area (Å²) in [5, 5.41) is 0. The van der Waals surface area contributed by atoms with Gasteiger partial charge in [-0.15, -0.1) is 0 Å². The number of nitrogens with zero attached hydrogens (tertiary/aromatic N) is 1. The van der Waals surface area contributed by atoms with Crippen molar-refractivity contribution >= 4 is 13.8 Å². The maximum atomic E-state index is 12.6. The van der Waals surface area contributed by atoms with Crippen molar-refractivity contribution < 1.29 is 37.3 Å². The van der Waals surface area contributed by atoms with Gasteiger partial charge in [0.15, 0.2) is 0 Å². The summed E-state index contributed by atoms with van der Waals surface area (Å²) in [6, 6.07) is 0. The third-order valence-corrected chi connectivity index (χ3v) is 11.1. The number of allylic oxidation sites excluding steroid dienone is 6. The molecule has 0 radical (unpaired) electrons. The van der Waals surface area contributed by atoms with Crippen molar-refractivity contribution in [2.75, 3.05) is 54.1 Å². The zero-order chi connectivity index (χ0) is 42.0. The fourth-order valence-corrected chi connectivity index (χ4v) is 7.17. The fraction of sp³-hybridized carbons (Fsp3) is 0.854. The van der Waals surface area contributed by atoms with Crippen molar-refractivity contribution in [3.63, 3.8) is 0 Å². The number of carbonyl (C=O) groups excluding carboxylic acids is 1. The molecular formula is C48H92NO7P. The van der Waals surface area contributed by atoms with E-state index in [4.69, 9.17) is 18.5 Å². The van der Waals surface area contributed by atoms with Crippen molar-refractivity contribution in [1.29, 1.82) is 0 Å². The first-order valence-corrected chi connectivity index (χ1v) is 25.2. The SMILES string of the molecule is CCCC/C=C\CCCCCCCC(=O)OC(COCCCCCCCCCCCCCC/C=C\C/C=C\CCCCCCC)COP(=O)([O-])OCC[N+](C)(C)C. The normalized spacial score (nSPS) is 14.0. The van der Waals surface area contributed by atoms with Crippen LogP contribution in [0.2, 0.25) is 0 Å². The Morgan fingerprint density at radius 2 is 0.982 bits per heavy atom. The first-order chi connectivity index (χ1) is 27.6. The molecule has 0 aliphatic carbocycles. The van der Waals surface area contributed by atoms with E-state index in [0.29, 0.717) is 24.1 Å². The molecule has 0 aromatic carbocycles. The molecule has 2 atom stereocenters. The molecule has 0 aliphatic heterocycles. The lowest BCUT2D eigenvalue weighted by molar-refractivity contribution is -0.870. The number of rotatable bonds is 44. The van der Waals surface area contributed by atoms with Gasteiger partial charge in [-0.3, -0.25) is 9.36 Å². The third-order valence-electron chi connectivity index (χ3n) is 10.2. The van der Waals surface area contributed by atoms with Gasteiger partial charge < -0.3 is 27.9 Å². The molecule has 0 bridgehead atoms. The van der Waals surface area contributed by atoms with E-state index in [1.165, 1.54) is 135 Å². The molecule has 57 heavy (non-hydrogen) atoms. The van der Waals surface area contributed by atoms with Gasteiger partial charge in [-0.2, -0.15) is 0 Å². The summed E-state index contributed by atoms with van der Waals surface area (Å²) in [6.07, 6.45) is 48.8. The highest BCUT2D eigenvalue weighted by molar-refractivity contribution is 7.45. The molecule has 8 nitrogen and oxygen atoms in total. The Kier molecular flexibility index (Phi) is 40.5.